The molecular weight excluding hydrogens is 673 g/mol. The van der Waals surface area contributed by atoms with E-state index in [-0.39, 0.29) is 86.7 Å². The first-order valence-electron chi connectivity index (χ1n) is 11.5. The number of nitrogens with zero attached hydrogens (tertiary/aromatic N) is 4. The van der Waals surface area contributed by atoms with Gasteiger partial charge in [-0.05, 0) is 34.5 Å². The fourth-order valence-corrected chi connectivity index (χ4v) is 7.16. The Morgan fingerprint density at radius 3 is 1.53 bits per heavy atom. The van der Waals surface area contributed by atoms with Crippen LogP contribution >= 0.6 is 11.3 Å². The molecule has 0 aliphatic carbocycles. The van der Waals surface area contributed by atoms with Crippen molar-refractivity contribution in [2.75, 3.05) is 45.8 Å². The molecular formula is C24H38Cu4N7S. The summed E-state index contributed by atoms with van der Waals surface area (Å²) < 4.78 is 0. The second kappa shape index (κ2) is 20.7. The van der Waals surface area contributed by atoms with Crippen LogP contribution in [0.2, 0.25) is 0 Å². The van der Waals surface area contributed by atoms with Gasteiger partial charge in [0.2, 0.25) is 0 Å². The minimum absolute atomic E-state index is 0. The zero-order valence-corrected chi connectivity index (χ0v) is 24.9. The van der Waals surface area contributed by atoms with E-state index in [2.05, 4.69) is 44.8 Å². The molecule has 1 aromatic rings. The zero-order valence-electron chi connectivity index (χ0n) is 20.3. The van der Waals surface area contributed by atoms with Gasteiger partial charge in [-0.3, -0.25) is 0 Å². The molecule has 0 saturated carbocycles. The first-order valence-corrected chi connectivity index (χ1v) is 12.3. The maximum Gasteiger partial charge on any atom is 2.00 e. The van der Waals surface area contributed by atoms with Crippen molar-refractivity contribution in [3.63, 3.8) is 0 Å². The largest absolute Gasteiger partial charge is 2.00 e. The Labute approximate surface area is 264 Å². The molecule has 4 aliphatic rings. The Morgan fingerprint density at radius 1 is 0.639 bits per heavy atom. The van der Waals surface area contributed by atoms with Crippen molar-refractivity contribution in [3.8, 4) is 0 Å². The maximum atomic E-state index is 4.67. The van der Waals surface area contributed by atoms with Crippen molar-refractivity contribution < 1.29 is 68.3 Å². The molecule has 0 amide bonds. The summed E-state index contributed by atoms with van der Waals surface area (Å²) in [5.41, 5.74) is 4.86. The van der Waals surface area contributed by atoms with Crippen LogP contribution in [0, 0.1) is 0 Å². The van der Waals surface area contributed by atoms with Crippen molar-refractivity contribution >= 4 is 16.9 Å². The SMILES string of the molecule is C1=CC(c2sc(C3CC[N-]CC3)c(C3CC[N-]CC3)c2C2CC[N-]CC2)=CC[N-]1.[Cu+2].[Cu+2].[Cu+2].[Cu+].[NH2-].[NH2-].[NH2-]. The van der Waals surface area contributed by atoms with Gasteiger partial charge in [-0.2, -0.15) is 6.20 Å². The molecule has 4 aliphatic heterocycles. The number of allylic oxidation sites excluding steroid dienone is 2. The number of rotatable bonds is 4. The monoisotopic (exact) mass is 708 g/mol. The Balaban J connectivity index is -0.00000156. The van der Waals surface area contributed by atoms with Crippen LogP contribution in [-0.2, 0) is 68.3 Å². The first kappa shape index (κ1) is 41.3. The van der Waals surface area contributed by atoms with Crippen LogP contribution in [0.25, 0.3) is 45.3 Å². The quantitative estimate of drug-likeness (QED) is 0.274. The first-order chi connectivity index (χ1) is 14.4. The summed E-state index contributed by atoms with van der Waals surface area (Å²) in [6.07, 6.45) is 13.9. The van der Waals surface area contributed by atoms with Crippen LogP contribution in [-0.4, -0.2) is 45.8 Å². The molecule has 5 heterocycles. The van der Waals surface area contributed by atoms with Crippen molar-refractivity contribution in [1.29, 1.82) is 0 Å². The second-order valence-corrected chi connectivity index (χ2v) is 9.85. The molecule has 3 saturated heterocycles. The van der Waals surface area contributed by atoms with E-state index in [1.807, 2.05) is 6.20 Å². The van der Waals surface area contributed by atoms with E-state index < -0.39 is 0 Å². The van der Waals surface area contributed by atoms with Crippen LogP contribution in [0.15, 0.2) is 18.4 Å². The molecule has 3 fully saturated rings. The van der Waals surface area contributed by atoms with Gasteiger partial charge in [0, 0.05) is 9.75 Å². The fourth-order valence-electron chi connectivity index (χ4n) is 5.49. The van der Waals surface area contributed by atoms with Crippen molar-refractivity contribution in [3.05, 3.63) is 79.0 Å². The molecule has 0 spiro atoms. The summed E-state index contributed by atoms with van der Waals surface area (Å²) in [5, 5.41) is 18.4. The Hall–Kier alpha value is 0.818. The van der Waals surface area contributed by atoms with Gasteiger partial charge >= 0.3 is 68.3 Å². The van der Waals surface area contributed by atoms with Gasteiger partial charge in [-0.15, -0.1) is 57.2 Å². The van der Waals surface area contributed by atoms with E-state index in [1.165, 1.54) is 44.1 Å². The maximum absolute atomic E-state index is 4.67. The number of piperidine rings is 3. The predicted octanol–water partition coefficient (Wildman–Crippen LogP) is 8.93. The molecule has 3 radical (unpaired) electrons. The van der Waals surface area contributed by atoms with Crippen LogP contribution in [0.5, 0.6) is 0 Å². The molecule has 12 heteroatoms. The Morgan fingerprint density at radius 2 is 1.08 bits per heavy atom. The van der Waals surface area contributed by atoms with Gasteiger partial charge in [-0.1, -0.05) is 50.7 Å². The topological polar surface area (TPSA) is 157 Å². The Bertz CT molecular complexity index is 773. The minimum atomic E-state index is 0. The third-order valence-corrected chi connectivity index (χ3v) is 8.48. The van der Waals surface area contributed by atoms with E-state index in [4.69, 9.17) is 0 Å². The fraction of sp³-hybridized carbons (Fsp3) is 0.667. The van der Waals surface area contributed by atoms with Gasteiger partial charge in [0.25, 0.3) is 0 Å². The predicted molar refractivity (Wildman–Crippen MR) is 141 cm³/mol. The van der Waals surface area contributed by atoms with E-state index in [9.17, 15) is 0 Å². The molecule has 0 aromatic carbocycles. The van der Waals surface area contributed by atoms with Crippen LogP contribution < -0.4 is 0 Å². The normalized spacial score (nSPS) is 20.2. The second-order valence-electron chi connectivity index (χ2n) is 8.80. The van der Waals surface area contributed by atoms with E-state index in [0.29, 0.717) is 17.8 Å². The number of hydrogen-bond acceptors (Lipinski definition) is 1. The standard InChI is InChI=1S/C24H32N4S.4Cu.3H2N/c1-9-25-10-2-17(1)21-22(18-3-11-26-12-4-18)24(20-7-15-28-16-8-20)29-23(21)19-5-13-27-14-6-19;;;;;;;/h5-6,13,17-18,20H,1-4,7-12,14-16H2;;;;;3*1H2/q-4;+1;3*+2;3*-1. The van der Waals surface area contributed by atoms with Crippen LogP contribution in [0.4, 0.5) is 0 Å². The molecule has 0 bridgehead atoms. The van der Waals surface area contributed by atoms with Gasteiger partial charge in [-0.25, -0.2) is 0 Å². The van der Waals surface area contributed by atoms with Crippen LogP contribution in [0.1, 0.15) is 77.2 Å². The smallest absolute Gasteiger partial charge is 0.693 e. The van der Waals surface area contributed by atoms with Crippen molar-refractivity contribution in [1.82, 2.24) is 0 Å². The molecule has 1 aromatic heterocycles. The van der Waals surface area contributed by atoms with Gasteiger partial charge in [0.15, 0.2) is 0 Å². The molecule has 5 rings (SSSR count). The molecule has 7 nitrogen and oxygen atoms in total. The molecule has 6 N–H and O–H groups in total. The summed E-state index contributed by atoms with van der Waals surface area (Å²) in [6.45, 7) is 7.03. The third kappa shape index (κ3) is 9.48. The molecule has 0 unspecified atom stereocenters. The summed E-state index contributed by atoms with van der Waals surface area (Å²) in [7, 11) is 0. The van der Waals surface area contributed by atoms with Crippen molar-refractivity contribution in [2.45, 2.75) is 56.3 Å². The van der Waals surface area contributed by atoms with Gasteiger partial charge in [0.1, 0.15) is 0 Å². The number of hydrogen-bond donors (Lipinski definition) is 0. The van der Waals surface area contributed by atoms with Crippen LogP contribution in [0.3, 0.4) is 0 Å². The van der Waals surface area contributed by atoms with Crippen molar-refractivity contribution in [2.24, 2.45) is 0 Å². The van der Waals surface area contributed by atoms with E-state index >= 15 is 0 Å². The molecule has 219 valence electrons. The van der Waals surface area contributed by atoms with E-state index in [1.54, 1.807) is 20.9 Å². The molecule has 0 atom stereocenters. The zero-order chi connectivity index (χ0) is 19.5. The summed E-state index contributed by atoms with van der Waals surface area (Å²) >= 11 is 2.12. The Kier molecular flexibility index (Phi) is 23.7. The van der Waals surface area contributed by atoms with Gasteiger partial charge in [0.05, 0.1) is 0 Å². The number of thiophene rings is 1. The minimum Gasteiger partial charge on any atom is -0.693 e. The van der Waals surface area contributed by atoms with E-state index in [0.717, 1.165) is 45.8 Å². The summed E-state index contributed by atoms with van der Waals surface area (Å²) in [5.74, 6) is 2.06. The average molecular weight is 711 g/mol. The summed E-state index contributed by atoms with van der Waals surface area (Å²) in [6, 6.07) is 0. The number of nitrogens with two attached hydrogens (primary N) is 3. The summed E-state index contributed by atoms with van der Waals surface area (Å²) in [4.78, 5) is 3.26. The van der Waals surface area contributed by atoms with Gasteiger partial charge < -0.3 is 39.7 Å². The molecule has 36 heavy (non-hydrogen) atoms. The average Bonchev–Trinajstić information content (AvgIpc) is 3.22. The third-order valence-electron chi connectivity index (χ3n) is 7.05.